The lowest BCUT2D eigenvalue weighted by Crippen LogP contribution is -2.18. The molecule has 1 N–H and O–H groups in total. The van der Waals surface area contributed by atoms with Crippen molar-refractivity contribution < 1.29 is 13.2 Å². The van der Waals surface area contributed by atoms with Gasteiger partial charge >= 0.3 is 0 Å². The zero-order valence-electron chi connectivity index (χ0n) is 10.9. The Morgan fingerprint density at radius 2 is 2.11 bits per heavy atom. The molecule has 5 heteroatoms. The summed E-state index contributed by atoms with van der Waals surface area (Å²) in [5.41, 5.74) is 0.682. The van der Waals surface area contributed by atoms with E-state index in [1.807, 2.05) is 13.8 Å². The number of rotatable bonds is 5. The maximum absolute atomic E-state index is 13.1. The lowest BCUT2D eigenvalue weighted by molar-refractivity contribution is 0.423. The number of aryl methyl sites for hydroxylation is 1. The lowest BCUT2D eigenvalue weighted by Gasteiger charge is -2.13. The summed E-state index contributed by atoms with van der Waals surface area (Å²) in [4.78, 5) is 4.12. The second-order valence-electron chi connectivity index (χ2n) is 4.35. The van der Waals surface area contributed by atoms with Crippen LogP contribution in [-0.4, -0.2) is 4.98 Å². The molecule has 0 radical (unpaired) electrons. The fourth-order valence-corrected chi connectivity index (χ4v) is 1.73. The summed E-state index contributed by atoms with van der Waals surface area (Å²) in [6, 6.07) is 3.76. The Bertz CT molecular complexity index is 554. The summed E-state index contributed by atoms with van der Waals surface area (Å²) >= 11 is 0. The van der Waals surface area contributed by atoms with Gasteiger partial charge in [-0.05, 0) is 24.6 Å². The largest absolute Gasteiger partial charge is 0.444 e. The zero-order valence-corrected chi connectivity index (χ0v) is 10.9. The molecule has 2 rings (SSSR count). The molecule has 0 saturated heterocycles. The molecule has 0 bridgehead atoms. The molecule has 0 spiro atoms. The van der Waals surface area contributed by atoms with E-state index in [0.717, 1.165) is 18.2 Å². The first kappa shape index (κ1) is 13.7. The average molecular weight is 266 g/mol. The van der Waals surface area contributed by atoms with Crippen LogP contribution >= 0.6 is 0 Å². The molecular formula is C14H16F2N2O. The number of halogens is 2. The molecule has 1 unspecified atom stereocenters. The van der Waals surface area contributed by atoms with Crippen LogP contribution in [0.15, 0.2) is 28.8 Å². The second kappa shape index (κ2) is 5.93. The predicted molar refractivity (Wildman–Crippen MR) is 67.5 cm³/mol. The van der Waals surface area contributed by atoms with Crippen molar-refractivity contribution >= 4 is 0 Å². The van der Waals surface area contributed by atoms with Gasteiger partial charge in [-0.2, -0.15) is 0 Å². The second-order valence-corrected chi connectivity index (χ2v) is 4.35. The van der Waals surface area contributed by atoms with Gasteiger partial charge in [0.05, 0.1) is 12.7 Å². The van der Waals surface area contributed by atoms with Crippen LogP contribution < -0.4 is 5.32 Å². The van der Waals surface area contributed by atoms with Gasteiger partial charge in [-0.1, -0.05) is 13.0 Å². The first-order valence-electron chi connectivity index (χ1n) is 6.22. The maximum Gasteiger partial charge on any atom is 0.208 e. The molecule has 1 aromatic heterocycles. The molecular weight excluding hydrogens is 250 g/mol. The highest BCUT2D eigenvalue weighted by Gasteiger charge is 2.10. The minimum Gasteiger partial charge on any atom is -0.444 e. The van der Waals surface area contributed by atoms with Crippen molar-refractivity contribution in [3.05, 3.63) is 53.2 Å². The molecule has 19 heavy (non-hydrogen) atoms. The molecule has 1 aromatic carbocycles. The Labute approximate surface area is 110 Å². The normalized spacial score (nSPS) is 12.6. The fraction of sp³-hybridized carbons (Fsp3) is 0.357. The summed E-state index contributed by atoms with van der Waals surface area (Å²) in [6.45, 7) is 4.30. The van der Waals surface area contributed by atoms with Crippen molar-refractivity contribution in [1.29, 1.82) is 0 Å². The predicted octanol–water partition coefficient (Wildman–Crippen LogP) is 3.37. The van der Waals surface area contributed by atoms with Crippen molar-refractivity contribution in [1.82, 2.24) is 10.3 Å². The number of hydrogen-bond donors (Lipinski definition) is 1. The molecule has 0 aliphatic rings. The van der Waals surface area contributed by atoms with Gasteiger partial charge in [0.2, 0.25) is 5.89 Å². The van der Waals surface area contributed by atoms with Crippen molar-refractivity contribution in [2.45, 2.75) is 32.9 Å². The van der Waals surface area contributed by atoms with Crippen molar-refractivity contribution in [2.24, 2.45) is 0 Å². The van der Waals surface area contributed by atoms with Crippen LogP contribution in [0.5, 0.6) is 0 Å². The number of hydrogen-bond acceptors (Lipinski definition) is 3. The summed E-state index contributed by atoms with van der Waals surface area (Å²) in [7, 11) is 0. The third-order valence-electron chi connectivity index (χ3n) is 2.95. The van der Waals surface area contributed by atoms with E-state index < -0.39 is 11.6 Å². The van der Waals surface area contributed by atoms with E-state index in [1.165, 1.54) is 6.07 Å². The first-order chi connectivity index (χ1) is 9.10. The van der Waals surface area contributed by atoms with Crippen molar-refractivity contribution in [3.63, 3.8) is 0 Å². The first-order valence-corrected chi connectivity index (χ1v) is 6.22. The minimum atomic E-state index is -0.837. The third kappa shape index (κ3) is 3.38. The molecule has 0 amide bonds. The van der Waals surface area contributed by atoms with E-state index in [4.69, 9.17) is 4.42 Å². The number of oxazole rings is 1. The maximum atomic E-state index is 13.1. The van der Waals surface area contributed by atoms with E-state index >= 15 is 0 Å². The van der Waals surface area contributed by atoms with Crippen LogP contribution in [-0.2, 0) is 13.0 Å². The van der Waals surface area contributed by atoms with Crippen LogP contribution in [0.3, 0.4) is 0 Å². The highest BCUT2D eigenvalue weighted by atomic mass is 19.2. The van der Waals surface area contributed by atoms with Crippen molar-refractivity contribution in [2.75, 3.05) is 0 Å². The zero-order chi connectivity index (χ0) is 13.8. The molecule has 3 nitrogen and oxygen atoms in total. The van der Waals surface area contributed by atoms with Gasteiger partial charge in [0.15, 0.2) is 11.6 Å². The average Bonchev–Trinajstić information content (AvgIpc) is 2.87. The Balaban J connectivity index is 1.96. The minimum absolute atomic E-state index is 0.118. The number of nitrogens with one attached hydrogen (secondary N) is 1. The summed E-state index contributed by atoms with van der Waals surface area (Å²) in [5.74, 6) is -0.254. The molecule has 1 atom stereocenters. The van der Waals surface area contributed by atoms with Crippen LogP contribution in [0.4, 0.5) is 8.78 Å². The Hall–Kier alpha value is -1.75. The molecule has 102 valence electrons. The quantitative estimate of drug-likeness (QED) is 0.901. The van der Waals surface area contributed by atoms with Crippen LogP contribution in [0.2, 0.25) is 0 Å². The highest BCUT2D eigenvalue weighted by molar-refractivity contribution is 5.20. The SMILES string of the molecule is CCc1cnc(CNC(C)c2ccc(F)c(F)c2)o1. The van der Waals surface area contributed by atoms with Gasteiger partial charge in [-0.15, -0.1) is 0 Å². The van der Waals surface area contributed by atoms with E-state index in [9.17, 15) is 8.78 Å². The molecule has 0 aliphatic heterocycles. The fourth-order valence-electron chi connectivity index (χ4n) is 1.73. The van der Waals surface area contributed by atoms with Crippen molar-refractivity contribution in [3.8, 4) is 0 Å². The number of aromatic nitrogens is 1. The molecule has 1 heterocycles. The standard InChI is InChI=1S/C14H16F2N2O/c1-3-11-7-18-14(19-11)8-17-9(2)10-4-5-12(15)13(16)6-10/h4-7,9,17H,3,8H2,1-2H3. The molecule has 0 saturated carbocycles. The molecule has 0 aliphatic carbocycles. The van der Waals surface area contributed by atoms with Crippen LogP contribution in [0.1, 0.15) is 37.1 Å². The van der Waals surface area contributed by atoms with Gasteiger partial charge < -0.3 is 9.73 Å². The van der Waals surface area contributed by atoms with Gasteiger partial charge in [0, 0.05) is 12.5 Å². The Morgan fingerprint density at radius 3 is 2.74 bits per heavy atom. The van der Waals surface area contributed by atoms with Gasteiger partial charge in [-0.3, -0.25) is 0 Å². The summed E-state index contributed by atoms with van der Waals surface area (Å²) in [6.07, 6.45) is 2.49. The molecule has 0 fully saturated rings. The Morgan fingerprint density at radius 1 is 1.32 bits per heavy atom. The highest BCUT2D eigenvalue weighted by Crippen LogP contribution is 2.16. The smallest absolute Gasteiger partial charge is 0.208 e. The van der Waals surface area contributed by atoms with Crippen LogP contribution in [0.25, 0.3) is 0 Å². The van der Waals surface area contributed by atoms with E-state index in [-0.39, 0.29) is 6.04 Å². The topological polar surface area (TPSA) is 38.1 Å². The van der Waals surface area contributed by atoms with Gasteiger partial charge in [0.25, 0.3) is 0 Å². The third-order valence-corrected chi connectivity index (χ3v) is 2.95. The van der Waals surface area contributed by atoms with E-state index in [1.54, 1.807) is 12.3 Å². The molecule has 2 aromatic rings. The summed E-state index contributed by atoms with van der Waals surface area (Å²) < 4.78 is 31.4. The monoisotopic (exact) mass is 266 g/mol. The summed E-state index contributed by atoms with van der Waals surface area (Å²) in [5, 5.41) is 3.15. The van der Waals surface area contributed by atoms with Gasteiger partial charge in [0.1, 0.15) is 5.76 Å². The lowest BCUT2D eigenvalue weighted by atomic mass is 10.1. The number of benzene rings is 1. The number of nitrogens with zero attached hydrogens (tertiary/aromatic N) is 1. The van der Waals surface area contributed by atoms with Gasteiger partial charge in [-0.25, -0.2) is 13.8 Å². The Kier molecular flexibility index (Phi) is 4.27. The van der Waals surface area contributed by atoms with E-state index in [0.29, 0.717) is 18.0 Å². The van der Waals surface area contributed by atoms with E-state index in [2.05, 4.69) is 10.3 Å². The van der Waals surface area contributed by atoms with Crippen LogP contribution in [0, 0.1) is 11.6 Å².